The van der Waals surface area contributed by atoms with Crippen LogP contribution in [-0.4, -0.2) is 30.7 Å². The van der Waals surface area contributed by atoms with Crippen molar-refractivity contribution in [2.75, 3.05) is 5.32 Å². The van der Waals surface area contributed by atoms with Crippen molar-refractivity contribution < 1.29 is 4.79 Å². The molecule has 0 saturated heterocycles. The standard InChI is InChI=1S/C19H16ClN7O/c20-14-4-1-5-15(9-14)23-16-6-7-17-24-25-18(27(17)26-16)10-19(28)22-12-13-3-2-8-21-11-13/h1-9,11H,10,12H2,(H,22,28)(H,23,26). The van der Waals surface area contributed by atoms with E-state index in [4.69, 9.17) is 11.6 Å². The Morgan fingerprint density at radius 2 is 2.04 bits per heavy atom. The topological polar surface area (TPSA) is 97.1 Å². The molecule has 0 saturated carbocycles. The first-order valence-electron chi connectivity index (χ1n) is 8.57. The minimum Gasteiger partial charge on any atom is -0.352 e. The van der Waals surface area contributed by atoms with Gasteiger partial charge in [0, 0.05) is 29.6 Å². The molecule has 3 aromatic heterocycles. The minimum absolute atomic E-state index is 0.0645. The fourth-order valence-electron chi connectivity index (χ4n) is 2.63. The van der Waals surface area contributed by atoms with E-state index in [1.807, 2.05) is 24.3 Å². The molecule has 9 heteroatoms. The summed E-state index contributed by atoms with van der Waals surface area (Å²) in [6, 6.07) is 14.6. The zero-order chi connectivity index (χ0) is 19.3. The molecule has 0 bridgehead atoms. The molecule has 28 heavy (non-hydrogen) atoms. The quantitative estimate of drug-likeness (QED) is 0.522. The number of pyridine rings is 1. The van der Waals surface area contributed by atoms with Gasteiger partial charge in [0.2, 0.25) is 5.91 Å². The molecule has 0 atom stereocenters. The lowest BCUT2D eigenvalue weighted by Crippen LogP contribution is -2.25. The number of hydrogen-bond acceptors (Lipinski definition) is 6. The van der Waals surface area contributed by atoms with Crippen molar-refractivity contribution in [1.82, 2.24) is 30.1 Å². The Balaban J connectivity index is 1.47. The molecule has 3 heterocycles. The summed E-state index contributed by atoms with van der Waals surface area (Å²) in [7, 11) is 0. The maximum absolute atomic E-state index is 12.3. The molecular formula is C19H16ClN7O. The number of fused-ring (bicyclic) bond motifs is 1. The summed E-state index contributed by atoms with van der Waals surface area (Å²) < 4.78 is 1.55. The summed E-state index contributed by atoms with van der Waals surface area (Å²) in [6.07, 6.45) is 3.46. The first-order chi connectivity index (χ1) is 13.7. The monoisotopic (exact) mass is 393 g/mol. The third-order valence-electron chi connectivity index (χ3n) is 3.96. The Bertz CT molecular complexity index is 1110. The lowest BCUT2D eigenvalue weighted by atomic mass is 10.3. The van der Waals surface area contributed by atoms with Crippen molar-refractivity contribution in [2.24, 2.45) is 0 Å². The third kappa shape index (κ3) is 4.24. The number of halogens is 1. The number of carbonyl (C=O) groups excluding carboxylic acids is 1. The normalized spacial score (nSPS) is 10.8. The lowest BCUT2D eigenvalue weighted by molar-refractivity contribution is -0.120. The Labute approximate surface area is 165 Å². The number of anilines is 2. The number of rotatable bonds is 6. The summed E-state index contributed by atoms with van der Waals surface area (Å²) in [5.74, 6) is 0.869. The van der Waals surface area contributed by atoms with Crippen molar-refractivity contribution >= 4 is 34.7 Å². The van der Waals surface area contributed by atoms with Crippen LogP contribution in [0.3, 0.4) is 0 Å². The first kappa shape index (κ1) is 17.9. The van der Waals surface area contributed by atoms with Crippen LogP contribution in [0, 0.1) is 0 Å². The Morgan fingerprint density at radius 3 is 2.86 bits per heavy atom. The largest absolute Gasteiger partial charge is 0.352 e. The molecule has 4 rings (SSSR count). The summed E-state index contributed by atoms with van der Waals surface area (Å²) in [4.78, 5) is 16.3. The lowest BCUT2D eigenvalue weighted by Gasteiger charge is -2.07. The number of nitrogens with one attached hydrogen (secondary N) is 2. The molecule has 0 aliphatic rings. The van der Waals surface area contributed by atoms with Crippen LogP contribution in [0.5, 0.6) is 0 Å². The van der Waals surface area contributed by atoms with Gasteiger partial charge < -0.3 is 10.6 Å². The van der Waals surface area contributed by atoms with Gasteiger partial charge in [-0.25, -0.2) is 0 Å². The van der Waals surface area contributed by atoms with Gasteiger partial charge >= 0.3 is 0 Å². The Hall–Kier alpha value is -3.52. The highest BCUT2D eigenvalue weighted by Crippen LogP contribution is 2.19. The summed E-state index contributed by atoms with van der Waals surface area (Å²) in [5, 5.41) is 19.3. The van der Waals surface area contributed by atoms with Crippen LogP contribution in [-0.2, 0) is 17.8 Å². The predicted molar refractivity (Wildman–Crippen MR) is 105 cm³/mol. The molecule has 4 aromatic rings. The van der Waals surface area contributed by atoms with Gasteiger partial charge in [-0.1, -0.05) is 23.7 Å². The molecule has 0 radical (unpaired) electrons. The summed E-state index contributed by atoms with van der Waals surface area (Å²) >= 11 is 6.01. The van der Waals surface area contributed by atoms with E-state index in [0.717, 1.165) is 11.3 Å². The molecule has 2 N–H and O–H groups in total. The van der Waals surface area contributed by atoms with E-state index in [1.165, 1.54) is 0 Å². The molecule has 0 unspecified atom stereocenters. The van der Waals surface area contributed by atoms with Crippen molar-refractivity contribution in [3.63, 3.8) is 0 Å². The number of hydrogen-bond donors (Lipinski definition) is 2. The highest BCUT2D eigenvalue weighted by Gasteiger charge is 2.12. The van der Waals surface area contributed by atoms with Gasteiger partial charge in [0.15, 0.2) is 17.3 Å². The van der Waals surface area contributed by atoms with Crippen LogP contribution < -0.4 is 10.6 Å². The van der Waals surface area contributed by atoms with Gasteiger partial charge in [-0.15, -0.1) is 15.3 Å². The number of nitrogens with zero attached hydrogens (tertiary/aromatic N) is 5. The van der Waals surface area contributed by atoms with Crippen molar-refractivity contribution in [2.45, 2.75) is 13.0 Å². The van der Waals surface area contributed by atoms with Crippen LogP contribution in [0.2, 0.25) is 5.02 Å². The molecule has 0 fully saturated rings. The molecule has 1 aromatic carbocycles. The first-order valence-corrected chi connectivity index (χ1v) is 8.95. The van der Waals surface area contributed by atoms with E-state index in [2.05, 4.69) is 30.9 Å². The highest BCUT2D eigenvalue weighted by molar-refractivity contribution is 6.30. The van der Waals surface area contributed by atoms with Crippen molar-refractivity contribution in [1.29, 1.82) is 0 Å². The molecule has 8 nitrogen and oxygen atoms in total. The molecule has 0 spiro atoms. The van der Waals surface area contributed by atoms with Crippen LogP contribution in [0.1, 0.15) is 11.4 Å². The van der Waals surface area contributed by atoms with Crippen LogP contribution in [0.4, 0.5) is 11.5 Å². The van der Waals surface area contributed by atoms with Gasteiger partial charge in [0.25, 0.3) is 0 Å². The maximum atomic E-state index is 12.3. The predicted octanol–water partition coefficient (Wildman–Crippen LogP) is 2.78. The van der Waals surface area contributed by atoms with E-state index in [1.54, 1.807) is 41.2 Å². The van der Waals surface area contributed by atoms with Crippen molar-refractivity contribution in [3.05, 3.63) is 77.3 Å². The van der Waals surface area contributed by atoms with Crippen LogP contribution in [0.15, 0.2) is 60.9 Å². The van der Waals surface area contributed by atoms with Gasteiger partial charge in [-0.3, -0.25) is 9.78 Å². The minimum atomic E-state index is -0.173. The second-order valence-electron chi connectivity index (χ2n) is 6.05. The Morgan fingerprint density at radius 1 is 1.11 bits per heavy atom. The smallest absolute Gasteiger partial charge is 0.228 e. The van der Waals surface area contributed by atoms with E-state index >= 15 is 0 Å². The molecular weight excluding hydrogens is 378 g/mol. The van der Waals surface area contributed by atoms with E-state index in [-0.39, 0.29) is 12.3 Å². The summed E-state index contributed by atoms with van der Waals surface area (Å²) in [6.45, 7) is 0.401. The van der Waals surface area contributed by atoms with Gasteiger partial charge in [0.1, 0.15) is 0 Å². The van der Waals surface area contributed by atoms with E-state index < -0.39 is 0 Å². The molecule has 1 amide bonds. The molecule has 140 valence electrons. The highest BCUT2D eigenvalue weighted by atomic mass is 35.5. The third-order valence-corrected chi connectivity index (χ3v) is 4.19. The fourth-order valence-corrected chi connectivity index (χ4v) is 2.82. The Kier molecular flexibility index (Phi) is 5.11. The average Bonchev–Trinajstić information content (AvgIpc) is 3.09. The van der Waals surface area contributed by atoms with Crippen LogP contribution in [0.25, 0.3) is 5.65 Å². The SMILES string of the molecule is O=C(Cc1nnc2ccc(Nc3cccc(Cl)c3)nn12)NCc1cccnc1. The second kappa shape index (κ2) is 8.01. The second-order valence-corrected chi connectivity index (χ2v) is 6.49. The van der Waals surface area contributed by atoms with Gasteiger partial charge in [-0.05, 0) is 42.0 Å². The number of carbonyl (C=O) groups is 1. The average molecular weight is 394 g/mol. The van der Waals surface area contributed by atoms with E-state index in [9.17, 15) is 4.79 Å². The van der Waals surface area contributed by atoms with Crippen molar-refractivity contribution in [3.8, 4) is 0 Å². The molecule has 0 aliphatic carbocycles. The maximum Gasteiger partial charge on any atom is 0.228 e. The zero-order valence-electron chi connectivity index (χ0n) is 14.7. The number of aromatic nitrogens is 5. The fraction of sp³-hybridized carbons (Fsp3) is 0.105. The zero-order valence-corrected chi connectivity index (χ0v) is 15.5. The van der Waals surface area contributed by atoms with Crippen LogP contribution >= 0.6 is 11.6 Å². The number of benzene rings is 1. The molecule has 0 aliphatic heterocycles. The van der Waals surface area contributed by atoms with E-state index in [0.29, 0.717) is 28.9 Å². The number of amides is 1. The van der Waals surface area contributed by atoms with Gasteiger partial charge in [-0.2, -0.15) is 4.52 Å². The summed E-state index contributed by atoms with van der Waals surface area (Å²) in [5.41, 5.74) is 2.29. The van der Waals surface area contributed by atoms with Gasteiger partial charge in [0.05, 0.1) is 6.42 Å².